The molecule has 1 N–H and O–H groups in total. The van der Waals surface area contributed by atoms with Crippen molar-refractivity contribution in [2.24, 2.45) is 0 Å². The maximum Gasteiger partial charge on any atom is 0.162 e. The van der Waals surface area contributed by atoms with Crippen LogP contribution in [0.5, 0.6) is 0 Å². The molecule has 0 saturated carbocycles. The molecule has 0 amide bonds. The molecule has 1 aliphatic rings. The normalized spacial score (nSPS) is 16.1. The van der Waals surface area contributed by atoms with Gasteiger partial charge in [0.25, 0.3) is 0 Å². The number of nitrogens with zero attached hydrogens (tertiary/aromatic N) is 5. The van der Waals surface area contributed by atoms with E-state index in [1.807, 2.05) is 35.0 Å². The average molecular weight is 453 g/mol. The van der Waals surface area contributed by atoms with Crippen LogP contribution in [0.3, 0.4) is 0 Å². The summed E-state index contributed by atoms with van der Waals surface area (Å²) < 4.78 is 1.91. The Hall–Kier alpha value is -2.67. The summed E-state index contributed by atoms with van der Waals surface area (Å²) in [4.78, 5) is 11.1. The molecular weight excluding hydrogens is 431 g/mol. The van der Waals surface area contributed by atoms with Gasteiger partial charge in [-0.05, 0) is 55.8 Å². The van der Waals surface area contributed by atoms with Gasteiger partial charge in [-0.1, -0.05) is 23.2 Å². The van der Waals surface area contributed by atoms with Crippen molar-refractivity contribution in [1.29, 1.82) is 0 Å². The van der Waals surface area contributed by atoms with Gasteiger partial charge in [-0.3, -0.25) is 4.98 Å². The standard InChI is InChI=1S/C23H22Cl2N6/c1-23(2)14-30(8-7-28-23)21-12-19(16-9-17(24)11-18(25)10-16)22-27-13-20(31(22)29-21)15-3-5-26-6-4-15/h3-6,9-13,28H,7-8,14H2,1-2H3. The average Bonchev–Trinajstić information content (AvgIpc) is 3.16. The Bertz CT molecular complexity index is 1230. The molecule has 4 aromatic rings. The highest BCUT2D eigenvalue weighted by atomic mass is 35.5. The fraction of sp³-hybridized carbons (Fsp3) is 0.261. The lowest BCUT2D eigenvalue weighted by Crippen LogP contribution is -2.57. The highest BCUT2D eigenvalue weighted by Gasteiger charge is 2.27. The molecule has 3 aromatic heterocycles. The van der Waals surface area contributed by atoms with Gasteiger partial charge in [-0.15, -0.1) is 5.10 Å². The molecule has 1 saturated heterocycles. The van der Waals surface area contributed by atoms with Crippen LogP contribution >= 0.6 is 23.2 Å². The Labute approximate surface area is 190 Å². The van der Waals surface area contributed by atoms with Gasteiger partial charge in [-0.25, -0.2) is 9.50 Å². The van der Waals surface area contributed by atoms with Crippen LogP contribution in [0.15, 0.2) is 55.0 Å². The molecule has 1 aliphatic heterocycles. The first-order valence-corrected chi connectivity index (χ1v) is 10.9. The van der Waals surface area contributed by atoms with E-state index in [0.717, 1.165) is 53.5 Å². The van der Waals surface area contributed by atoms with Gasteiger partial charge in [0.15, 0.2) is 5.65 Å². The molecule has 0 unspecified atom stereocenters. The van der Waals surface area contributed by atoms with Crippen LogP contribution in [-0.2, 0) is 0 Å². The van der Waals surface area contributed by atoms with Gasteiger partial charge in [0.1, 0.15) is 5.82 Å². The number of halogens is 2. The number of nitrogens with one attached hydrogen (secondary N) is 1. The number of hydrogen-bond acceptors (Lipinski definition) is 5. The van der Waals surface area contributed by atoms with Crippen molar-refractivity contribution < 1.29 is 0 Å². The fourth-order valence-electron chi connectivity index (χ4n) is 4.09. The molecule has 5 rings (SSSR count). The Balaban J connectivity index is 1.74. The van der Waals surface area contributed by atoms with Crippen molar-refractivity contribution in [1.82, 2.24) is 24.9 Å². The van der Waals surface area contributed by atoms with E-state index in [1.165, 1.54) is 0 Å². The Morgan fingerprint density at radius 2 is 1.74 bits per heavy atom. The van der Waals surface area contributed by atoms with Crippen molar-refractivity contribution in [2.75, 3.05) is 24.5 Å². The first kappa shape index (κ1) is 20.2. The summed E-state index contributed by atoms with van der Waals surface area (Å²) in [6.07, 6.45) is 5.39. The van der Waals surface area contributed by atoms with E-state index < -0.39 is 0 Å². The van der Waals surface area contributed by atoms with E-state index in [9.17, 15) is 0 Å². The van der Waals surface area contributed by atoms with E-state index in [-0.39, 0.29) is 5.54 Å². The number of imidazole rings is 1. The Morgan fingerprint density at radius 1 is 1.00 bits per heavy atom. The predicted molar refractivity (Wildman–Crippen MR) is 126 cm³/mol. The molecule has 1 aromatic carbocycles. The minimum atomic E-state index is -0.00270. The maximum absolute atomic E-state index is 6.33. The number of piperazine rings is 1. The summed E-state index contributed by atoms with van der Waals surface area (Å²) in [7, 11) is 0. The maximum atomic E-state index is 6.33. The minimum absolute atomic E-state index is 0.00270. The Morgan fingerprint density at radius 3 is 2.45 bits per heavy atom. The van der Waals surface area contributed by atoms with E-state index >= 15 is 0 Å². The predicted octanol–water partition coefficient (Wildman–Crippen LogP) is 4.95. The second kappa shape index (κ2) is 7.79. The molecule has 0 spiro atoms. The third-order valence-corrected chi connectivity index (χ3v) is 5.94. The first-order valence-electron chi connectivity index (χ1n) is 10.2. The third kappa shape index (κ3) is 3.99. The van der Waals surface area contributed by atoms with E-state index in [1.54, 1.807) is 18.5 Å². The number of hydrogen-bond donors (Lipinski definition) is 1. The SMILES string of the molecule is CC1(C)CN(c2cc(-c3cc(Cl)cc(Cl)c3)c3ncc(-c4ccncc4)n3n2)CCN1. The van der Waals surface area contributed by atoms with Crippen LogP contribution in [0.25, 0.3) is 28.0 Å². The van der Waals surface area contributed by atoms with E-state index in [0.29, 0.717) is 10.0 Å². The number of pyridine rings is 1. The van der Waals surface area contributed by atoms with Gasteiger partial charge in [0, 0.05) is 58.7 Å². The zero-order valence-corrected chi connectivity index (χ0v) is 18.8. The first-order chi connectivity index (χ1) is 14.9. The lowest BCUT2D eigenvalue weighted by molar-refractivity contribution is 0.351. The van der Waals surface area contributed by atoms with Crippen LogP contribution in [0.2, 0.25) is 10.0 Å². The van der Waals surface area contributed by atoms with Gasteiger partial charge in [0.2, 0.25) is 0 Å². The number of aromatic nitrogens is 4. The summed E-state index contributed by atoms with van der Waals surface area (Å²) in [5.41, 5.74) is 4.50. The van der Waals surface area contributed by atoms with Crippen LogP contribution in [-0.4, -0.2) is 44.8 Å². The summed E-state index contributed by atoms with van der Waals surface area (Å²) in [5, 5.41) is 9.73. The van der Waals surface area contributed by atoms with E-state index in [2.05, 4.69) is 35.1 Å². The highest BCUT2D eigenvalue weighted by molar-refractivity contribution is 6.35. The topological polar surface area (TPSA) is 58.4 Å². The molecule has 0 bridgehead atoms. The summed E-state index contributed by atoms with van der Waals surface area (Å²) in [5.74, 6) is 0.890. The molecule has 6 nitrogen and oxygen atoms in total. The summed E-state index contributed by atoms with van der Waals surface area (Å²) >= 11 is 12.7. The zero-order chi connectivity index (χ0) is 21.6. The quantitative estimate of drug-likeness (QED) is 0.476. The van der Waals surface area contributed by atoms with Gasteiger partial charge < -0.3 is 10.2 Å². The van der Waals surface area contributed by atoms with Crippen LogP contribution in [0.4, 0.5) is 5.82 Å². The number of benzene rings is 1. The molecule has 158 valence electrons. The molecule has 0 radical (unpaired) electrons. The van der Waals surface area contributed by atoms with Crippen molar-refractivity contribution >= 4 is 34.7 Å². The Kier molecular flexibility index (Phi) is 5.08. The fourth-order valence-corrected chi connectivity index (χ4v) is 4.61. The number of anilines is 1. The van der Waals surface area contributed by atoms with E-state index in [4.69, 9.17) is 33.3 Å². The second-order valence-electron chi connectivity index (χ2n) is 8.42. The molecule has 0 aliphatic carbocycles. The van der Waals surface area contributed by atoms with Gasteiger partial charge in [-0.2, -0.15) is 0 Å². The third-order valence-electron chi connectivity index (χ3n) is 5.50. The zero-order valence-electron chi connectivity index (χ0n) is 17.3. The largest absolute Gasteiger partial charge is 0.352 e. The van der Waals surface area contributed by atoms with Gasteiger partial charge >= 0.3 is 0 Å². The van der Waals surface area contributed by atoms with Crippen LogP contribution in [0, 0.1) is 0 Å². The lowest BCUT2D eigenvalue weighted by atomic mass is 10.0. The monoisotopic (exact) mass is 452 g/mol. The summed E-state index contributed by atoms with van der Waals surface area (Å²) in [6.45, 7) is 7.02. The number of fused-ring (bicyclic) bond motifs is 1. The lowest BCUT2D eigenvalue weighted by Gasteiger charge is -2.39. The molecular formula is C23H22Cl2N6. The molecule has 1 fully saturated rings. The number of rotatable bonds is 3. The van der Waals surface area contributed by atoms with Crippen molar-refractivity contribution in [3.63, 3.8) is 0 Å². The smallest absolute Gasteiger partial charge is 0.162 e. The second-order valence-corrected chi connectivity index (χ2v) is 9.29. The van der Waals surface area contributed by atoms with Crippen LogP contribution < -0.4 is 10.2 Å². The molecule has 0 atom stereocenters. The molecule has 31 heavy (non-hydrogen) atoms. The molecule has 8 heteroatoms. The summed E-state index contributed by atoms with van der Waals surface area (Å²) in [6, 6.07) is 11.6. The van der Waals surface area contributed by atoms with Crippen molar-refractivity contribution in [2.45, 2.75) is 19.4 Å². The minimum Gasteiger partial charge on any atom is -0.352 e. The van der Waals surface area contributed by atoms with Crippen LogP contribution in [0.1, 0.15) is 13.8 Å². The highest BCUT2D eigenvalue weighted by Crippen LogP contribution is 2.34. The molecule has 4 heterocycles. The van der Waals surface area contributed by atoms with Crippen molar-refractivity contribution in [3.05, 3.63) is 65.0 Å². The van der Waals surface area contributed by atoms with Gasteiger partial charge in [0.05, 0.1) is 11.9 Å². The van der Waals surface area contributed by atoms with Crippen molar-refractivity contribution in [3.8, 4) is 22.4 Å².